The molecule has 0 aliphatic rings. The van der Waals surface area contributed by atoms with Crippen molar-refractivity contribution in [1.29, 1.82) is 5.26 Å². The van der Waals surface area contributed by atoms with Gasteiger partial charge in [-0.25, -0.2) is 13.1 Å². The van der Waals surface area contributed by atoms with Gasteiger partial charge in [-0.1, -0.05) is 11.6 Å². The predicted octanol–water partition coefficient (Wildman–Crippen LogP) is 1.65. The summed E-state index contributed by atoms with van der Waals surface area (Å²) < 4.78 is 26.8. The topological polar surface area (TPSA) is 90.2 Å². The molecule has 1 aromatic rings. The molecule has 0 amide bonds. The Bertz CT molecular complexity index is 606. The van der Waals surface area contributed by atoms with Gasteiger partial charge in [0.2, 0.25) is 10.0 Å². The Labute approximate surface area is 117 Å². The molecule has 104 valence electrons. The molecule has 0 aliphatic carbocycles. The molecule has 0 heterocycles. The van der Waals surface area contributed by atoms with E-state index in [-0.39, 0.29) is 28.5 Å². The fourth-order valence-corrected chi connectivity index (χ4v) is 3.26. The minimum atomic E-state index is -3.74. The van der Waals surface area contributed by atoms with Crippen molar-refractivity contribution in [3.63, 3.8) is 0 Å². The standard InChI is InChI=1S/C12H15ClN2O3S/c1-12(2,5-6-16)15-19(17,18)10-4-3-9(8-14)11(13)7-10/h3-4,7,15-16H,5-6H2,1-2H3. The predicted molar refractivity (Wildman–Crippen MR) is 72.3 cm³/mol. The highest BCUT2D eigenvalue weighted by Gasteiger charge is 2.26. The number of rotatable bonds is 5. The van der Waals surface area contributed by atoms with Gasteiger partial charge < -0.3 is 5.11 Å². The monoisotopic (exact) mass is 302 g/mol. The Balaban J connectivity index is 3.08. The Morgan fingerprint density at radius 3 is 2.58 bits per heavy atom. The number of sulfonamides is 1. The molecule has 0 fully saturated rings. The summed E-state index contributed by atoms with van der Waals surface area (Å²) in [4.78, 5) is -0.0116. The molecule has 0 aromatic heterocycles. The largest absolute Gasteiger partial charge is 0.396 e. The normalized spacial score (nSPS) is 12.2. The summed E-state index contributed by atoms with van der Waals surface area (Å²) in [7, 11) is -3.74. The van der Waals surface area contributed by atoms with Crippen LogP contribution in [0.25, 0.3) is 0 Å². The number of nitriles is 1. The highest BCUT2D eigenvalue weighted by Crippen LogP contribution is 2.21. The van der Waals surface area contributed by atoms with Crippen LogP contribution in [0.2, 0.25) is 5.02 Å². The maximum atomic E-state index is 12.1. The van der Waals surface area contributed by atoms with Crippen molar-refractivity contribution >= 4 is 21.6 Å². The van der Waals surface area contributed by atoms with Crippen LogP contribution in [0.3, 0.4) is 0 Å². The molecule has 0 atom stereocenters. The van der Waals surface area contributed by atoms with Crippen molar-refractivity contribution in [2.75, 3.05) is 6.61 Å². The smallest absolute Gasteiger partial charge is 0.241 e. The van der Waals surface area contributed by atoms with Gasteiger partial charge in [0, 0.05) is 12.1 Å². The maximum absolute atomic E-state index is 12.1. The number of aliphatic hydroxyl groups excluding tert-OH is 1. The molecule has 0 aliphatic heterocycles. The second-order valence-electron chi connectivity index (χ2n) is 4.72. The summed E-state index contributed by atoms with van der Waals surface area (Å²) in [5.41, 5.74) is -0.552. The van der Waals surface area contributed by atoms with Crippen molar-refractivity contribution in [2.24, 2.45) is 0 Å². The van der Waals surface area contributed by atoms with Gasteiger partial charge in [0.25, 0.3) is 0 Å². The molecule has 0 radical (unpaired) electrons. The van der Waals surface area contributed by atoms with Gasteiger partial charge in [0.1, 0.15) is 6.07 Å². The maximum Gasteiger partial charge on any atom is 0.241 e. The molecular formula is C12H15ClN2O3S. The molecule has 5 nitrogen and oxygen atoms in total. The average Bonchev–Trinajstić information content (AvgIpc) is 2.27. The summed E-state index contributed by atoms with van der Waals surface area (Å²) in [6.45, 7) is 3.22. The molecule has 0 saturated carbocycles. The van der Waals surface area contributed by atoms with Gasteiger partial charge in [-0.3, -0.25) is 0 Å². The number of hydrogen-bond donors (Lipinski definition) is 2. The van der Waals surface area contributed by atoms with Crippen LogP contribution >= 0.6 is 11.6 Å². The van der Waals surface area contributed by atoms with Gasteiger partial charge >= 0.3 is 0 Å². The van der Waals surface area contributed by atoms with Crippen LogP contribution in [-0.2, 0) is 10.0 Å². The highest BCUT2D eigenvalue weighted by atomic mass is 35.5. The number of aliphatic hydroxyl groups is 1. The van der Waals surface area contributed by atoms with Crippen LogP contribution in [0.5, 0.6) is 0 Å². The molecule has 0 saturated heterocycles. The Hall–Kier alpha value is -1.13. The lowest BCUT2D eigenvalue weighted by atomic mass is 10.0. The van der Waals surface area contributed by atoms with E-state index in [9.17, 15) is 8.42 Å². The first-order valence-electron chi connectivity index (χ1n) is 5.56. The molecule has 0 spiro atoms. The lowest BCUT2D eigenvalue weighted by Crippen LogP contribution is -2.43. The number of hydrogen-bond acceptors (Lipinski definition) is 4. The molecular weight excluding hydrogens is 288 g/mol. The van der Waals surface area contributed by atoms with E-state index in [1.807, 2.05) is 6.07 Å². The summed E-state index contributed by atoms with van der Waals surface area (Å²) >= 11 is 5.81. The van der Waals surface area contributed by atoms with Crippen LogP contribution in [0.4, 0.5) is 0 Å². The summed E-state index contributed by atoms with van der Waals surface area (Å²) in [5.74, 6) is 0. The lowest BCUT2D eigenvalue weighted by molar-refractivity contribution is 0.246. The van der Waals surface area contributed by atoms with E-state index >= 15 is 0 Å². The number of benzene rings is 1. The van der Waals surface area contributed by atoms with E-state index in [1.165, 1.54) is 18.2 Å². The molecule has 0 bridgehead atoms. The first-order valence-corrected chi connectivity index (χ1v) is 7.42. The van der Waals surface area contributed by atoms with Crippen LogP contribution in [0.1, 0.15) is 25.8 Å². The zero-order chi connectivity index (χ0) is 14.7. The van der Waals surface area contributed by atoms with Gasteiger partial charge in [0.15, 0.2) is 0 Å². The number of nitrogens with one attached hydrogen (secondary N) is 1. The van der Waals surface area contributed by atoms with E-state index in [1.54, 1.807) is 13.8 Å². The zero-order valence-corrected chi connectivity index (χ0v) is 12.2. The molecule has 2 N–H and O–H groups in total. The molecule has 1 rings (SSSR count). The van der Waals surface area contributed by atoms with E-state index in [0.717, 1.165) is 0 Å². The second-order valence-corrected chi connectivity index (χ2v) is 6.81. The van der Waals surface area contributed by atoms with Crippen molar-refractivity contribution in [3.05, 3.63) is 28.8 Å². The molecule has 1 aromatic carbocycles. The van der Waals surface area contributed by atoms with Gasteiger partial charge in [0.05, 0.1) is 15.5 Å². The van der Waals surface area contributed by atoms with Gasteiger partial charge in [-0.05, 0) is 38.5 Å². The summed E-state index contributed by atoms with van der Waals surface area (Å²) in [6.07, 6.45) is 0.288. The summed E-state index contributed by atoms with van der Waals surface area (Å²) in [6, 6.07) is 5.77. The van der Waals surface area contributed by atoms with Crippen molar-refractivity contribution in [3.8, 4) is 6.07 Å². The first kappa shape index (κ1) is 15.9. The second kappa shape index (κ2) is 5.88. The van der Waals surface area contributed by atoms with E-state index in [2.05, 4.69) is 4.72 Å². The average molecular weight is 303 g/mol. The van der Waals surface area contributed by atoms with Crippen molar-refractivity contribution in [1.82, 2.24) is 4.72 Å². The van der Waals surface area contributed by atoms with E-state index < -0.39 is 15.6 Å². The number of nitrogens with zero attached hydrogens (tertiary/aromatic N) is 1. The third-order valence-corrected chi connectivity index (χ3v) is 4.53. The Kier molecular flexibility index (Phi) is 4.93. The lowest BCUT2D eigenvalue weighted by Gasteiger charge is -2.25. The fourth-order valence-electron chi connectivity index (χ4n) is 1.51. The minimum absolute atomic E-state index is 0.0116. The van der Waals surface area contributed by atoms with Crippen LogP contribution in [0, 0.1) is 11.3 Å². The van der Waals surface area contributed by atoms with Gasteiger partial charge in [-0.2, -0.15) is 5.26 Å². The zero-order valence-electron chi connectivity index (χ0n) is 10.6. The molecule has 7 heteroatoms. The van der Waals surface area contributed by atoms with E-state index in [0.29, 0.717) is 0 Å². The highest BCUT2D eigenvalue weighted by molar-refractivity contribution is 7.89. The van der Waals surface area contributed by atoms with Gasteiger partial charge in [-0.15, -0.1) is 0 Å². The Morgan fingerprint density at radius 2 is 2.11 bits per heavy atom. The first-order chi connectivity index (χ1) is 8.72. The molecule has 19 heavy (non-hydrogen) atoms. The van der Waals surface area contributed by atoms with E-state index in [4.69, 9.17) is 22.0 Å². The third kappa shape index (κ3) is 4.18. The third-order valence-electron chi connectivity index (χ3n) is 2.52. The number of halogens is 1. The van der Waals surface area contributed by atoms with Crippen LogP contribution in [0.15, 0.2) is 23.1 Å². The van der Waals surface area contributed by atoms with Crippen LogP contribution in [-0.4, -0.2) is 25.7 Å². The quantitative estimate of drug-likeness (QED) is 0.865. The molecule has 0 unspecified atom stereocenters. The Morgan fingerprint density at radius 1 is 1.47 bits per heavy atom. The van der Waals surface area contributed by atoms with Crippen LogP contribution < -0.4 is 4.72 Å². The minimum Gasteiger partial charge on any atom is -0.396 e. The summed E-state index contributed by atoms with van der Waals surface area (Å²) in [5, 5.41) is 17.7. The fraction of sp³-hybridized carbons (Fsp3) is 0.417. The van der Waals surface area contributed by atoms with Crippen molar-refractivity contribution < 1.29 is 13.5 Å². The van der Waals surface area contributed by atoms with Crippen molar-refractivity contribution in [2.45, 2.75) is 30.7 Å². The SMILES string of the molecule is CC(C)(CCO)NS(=O)(=O)c1ccc(C#N)c(Cl)c1.